The maximum absolute atomic E-state index is 13.6. The van der Waals surface area contributed by atoms with Gasteiger partial charge in [0.2, 0.25) is 19.3 Å². The maximum atomic E-state index is 13.6. The highest BCUT2D eigenvalue weighted by Gasteiger charge is 2.23. The Morgan fingerprint density at radius 2 is 2.04 bits per heavy atom. The molecule has 1 atom stereocenters. The zero-order valence-electron chi connectivity index (χ0n) is 13.0. The summed E-state index contributed by atoms with van der Waals surface area (Å²) in [6, 6.07) is 5.75. The molecule has 2 aromatic rings. The number of ether oxygens (including phenoxy) is 1. The summed E-state index contributed by atoms with van der Waals surface area (Å²) in [7, 11) is -3.48. The molecule has 0 aliphatic carbocycles. The number of nitrogens with zero attached hydrogens (tertiary/aromatic N) is 2. The van der Waals surface area contributed by atoms with Gasteiger partial charge in [-0.05, 0) is 18.6 Å². The fraction of sp³-hybridized carbons (Fsp3) is 0.357. The van der Waals surface area contributed by atoms with Crippen molar-refractivity contribution in [1.29, 1.82) is 0 Å². The minimum atomic E-state index is -3.48. The van der Waals surface area contributed by atoms with Crippen LogP contribution in [0.3, 0.4) is 0 Å². The lowest BCUT2D eigenvalue weighted by atomic mass is 10.2. The normalized spacial score (nSPS) is 12.6. The van der Waals surface area contributed by atoms with E-state index in [1.165, 1.54) is 25.1 Å². The summed E-state index contributed by atoms with van der Waals surface area (Å²) < 4.78 is 42.2. The Hall–Kier alpha value is -2.07. The molecule has 0 spiro atoms. The fourth-order valence-electron chi connectivity index (χ4n) is 1.71. The molecule has 1 aromatic heterocycles. The average Bonchev–Trinajstić information content (AvgIpc) is 3.03. The zero-order chi connectivity index (χ0) is 17.7. The van der Waals surface area contributed by atoms with Crippen LogP contribution in [0.5, 0.6) is 5.75 Å². The molecule has 0 radical (unpaired) electrons. The molecule has 0 saturated heterocycles. The SMILES string of the molecule is CC[C@H](Oc1ccccc1F)C(=O)Nc1nnc(S(=O)(=O)CC)s1. The zero-order valence-corrected chi connectivity index (χ0v) is 14.7. The Labute approximate surface area is 142 Å². The molecule has 0 aliphatic rings. The van der Waals surface area contributed by atoms with E-state index in [1.807, 2.05) is 0 Å². The van der Waals surface area contributed by atoms with Gasteiger partial charge in [0, 0.05) is 0 Å². The molecule has 0 aliphatic heterocycles. The van der Waals surface area contributed by atoms with Gasteiger partial charge in [-0.3, -0.25) is 10.1 Å². The number of carbonyl (C=O) groups excluding carboxylic acids is 1. The van der Waals surface area contributed by atoms with Crippen molar-refractivity contribution in [3.8, 4) is 5.75 Å². The molecule has 130 valence electrons. The number of carbonyl (C=O) groups is 1. The summed E-state index contributed by atoms with van der Waals surface area (Å²) in [5.74, 6) is -1.27. The van der Waals surface area contributed by atoms with Crippen LogP contribution >= 0.6 is 11.3 Å². The van der Waals surface area contributed by atoms with E-state index in [4.69, 9.17) is 4.74 Å². The molecule has 10 heteroatoms. The summed E-state index contributed by atoms with van der Waals surface area (Å²) in [6.07, 6.45) is -0.656. The topological polar surface area (TPSA) is 98.2 Å². The van der Waals surface area contributed by atoms with Gasteiger partial charge in [0.05, 0.1) is 5.75 Å². The summed E-state index contributed by atoms with van der Waals surface area (Å²) in [6.45, 7) is 3.20. The van der Waals surface area contributed by atoms with E-state index in [9.17, 15) is 17.6 Å². The Kier molecular flexibility index (Phi) is 5.84. The number of halogens is 1. The van der Waals surface area contributed by atoms with Gasteiger partial charge in [0.15, 0.2) is 17.7 Å². The summed E-state index contributed by atoms with van der Waals surface area (Å²) in [5.41, 5.74) is 0. The van der Waals surface area contributed by atoms with Crippen LogP contribution in [-0.2, 0) is 14.6 Å². The maximum Gasteiger partial charge on any atom is 0.267 e. The Bertz CT molecular complexity index is 823. The van der Waals surface area contributed by atoms with Crippen LogP contribution in [-0.4, -0.2) is 36.4 Å². The third kappa shape index (κ3) is 4.26. The number of sulfone groups is 1. The van der Waals surface area contributed by atoms with E-state index in [1.54, 1.807) is 13.0 Å². The lowest BCUT2D eigenvalue weighted by Gasteiger charge is -2.16. The largest absolute Gasteiger partial charge is 0.478 e. The van der Waals surface area contributed by atoms with Crippen molar-refractivity contribution in [3.05, 3.63) is 30.1 Å². The molecule has 1 amide bonds. The molecule has 0 fully saturated rings. The number of nitrogens with one attached hydrogen (secondary N) is 1. The predicted octanol–water partition coefficient (Wildman–Crippen LogP) is 2.27. The van der Waals surface area contributed by atoms with E-state index < -0.39 is 27.7 Å². The first-order valence-corrected chi connectivity index (χ1v) is 9.62. The van der Waals surface area contributed by atoms with Crippen LogP contribution in [0.25, 0.3) is 0 Å². The van der Waals surface area contributed by atoms with E-state index in [0.717, 1.165) is 11.3 Å². The highest BCUT2D eigenvalue weighted by molar-refractivity contribution is 7.93. The predicted molar refractivity (Wildman–Crippen MR) is 87.4 cm³/mol. The Balaban J connectivity index is 2.09. The van der Waals surface area contributed by atoms with Gasteiger partial charge in [-0.1, -0.05) is 37.3 Å². The summed E-state index contributed by atoms with van der Waals surface area (Å²) in [5, 5.41) is 9.69. The minimum absolute atomic E-state index is 0.0361. The Morgan fingerprint density at radius 1 is 1.33 bits per heavy atom. The number of hydrogen-bond donors (Lipinski definition) is 1. The second-order valence-electron chi connectivity index (χ2n) is 4.71. The molecule has 1 N–H and O–H groups in total. The Morgan fingerprint density at radius 3 is 2.67 bits per heavy atom. The van der Waals surface area contributed by atoms with Gasteiger partial charge >= 0.3 is 0 Å². The van der Waals surface area contributed by atoms with Crippen LogP contribution < -0.4 is 10.1 Å². The second kappa shape index (κ2) is 7.67. The van der Waals surface area contributed by atoms with Gasteiger partial charge in [0.1, 0.15) is 0 Å². The number of aromatic nitrogens is 2. The minimum Gasteiger partial charge on any atom is -0.478 e. The lowest BCUT2D eigenvalue weighted by Crippen LogP contribution is -2.32. The molecule has 0 saturated carbocycles. The highest BCUT2D eigenvalue weighted by Crippen LogP contribution is 2.22. The van der Waals surface area contributed by atoms with Crippen LogP contribution in [0, 0.1) is 5.82 Å². The molecule has 1 aromatic carbocycles. The molecular weight excluding hydrogens is 357 g/mol. The first-order valence-electron chi connectivity index (χ1n) is 7.15. The van der Waals surface area contributed by atoms with Gasteiger partial charge in [-0.2, -0.15) is 0 Å². The van der Waals surface area contributed by atoms with Crippen molar-refractivity contribution < 1.29 is 22.3 Å². The molecule has 0 bridgehead atoms. The molecule has 2 rings (SSSR count). The number of para-hydroxylation sites is 1. The molecular formula is C14H16FN3O4S2. The van der Waals surface area contributed by atoms with Gasteiger partial charge in [-0.25, -0.2) is 12.8 Å². The van der Waals surface area contributed by atoms with Crippen molar-refractivity contribution in [2.24, 2.45) is 0 Å². The van der Waals surface area contributed by atoms with E-state index >= 15 is 0 Å². The summed E-state index contributed by atoms with van der Waals surface area (Å²) >= 11 is 0.758. The van der Waals surface area contributed by atoms with Crippen molar-refractivity contribution in [1.82, 2.24) is 10.2 Å². The van der Waals surface area contributed by atoms with Gasteiger partial charge in [0.25, 0.3) is 5.91 Å². The monoisotopic (exact) mass is 373 g/mol. The van der Waals surface area contributed by atoms with Crippen LogP contribution in [0.2, 0.25) is 0 Å². The number of hydrogen-bond acceptors (Lipinski definition) is 7. The second-order valence-corrected chi connectivity index (χ2v) is 8.14. The number of amides is 1. The lowest BCUT2D eigenvalue weighted by molar-refractivity contribution is -0.122. The van der Waals surface area contributed by atoms with Crippen molar-refractivity contribution in [2.45, 2.75) is 30.7 Å². The first kappa shape index (κ1) is 18.3. The highest BCUT2D eigenvalue weighted by atomic mass is 32.2. The third-order valence-electron chi connectivity index (χ3n) is 3.05. The standard InChI is InChI=1S/C14H16FN3O4S2/c1-3-10(22-11-8-6-5-7-9(11)15)12(19)16-13-17-18-14(23-13)24(20,21)4-2/h5-8,10H,3-4H2,1-2H3,(H,16,17,19)/t10-/m0/s1. The number of benzene rings is 1. The van der Waals surface area contributed by atoms with E-state index in [-0.39, 0.29) is 21.0 Å². The fourth-order valence-corrected chi connectivity index (χ4v) is 3.70. The molecule has 7 nitrogen and oxygen atoms in total. The van der Waals surface area contributed by atoms with Crippen LogP contribution in [0.1, 0.15) is 20.3 Å². The van der Waals surface area contributed by atoms with Gasteiger partial charge < -0.3 is 4.74 Å². The van der Waals surface area contributed by atoms with E-state index in [2.05, 4.69) is 15.5 Å². The molecule has 1 heterocycles. The average molecular weight is 373 g/mol. The number of anilines is 1. The van der Waals surface area contributed by atoms with Crippen LogP contribution in [0.15, 0.2) is 28.6 Å². The quantitative estimate of drug-likeness (QED) is 0.748. The number of rotatable bonds is 7. The van der Waals surface area contributed by atoms with E-state index in [0.29, 0.717) is 6.42 Å². The van der Waals surface area contributed by atoms with Crippen molar-refractivity contribution in [3.63, 3.8) is 0 Å². The smallest absolute Gasteiger partial charge is 0.267 e. The van der Waals surface area contributed by atoms with Gasteiger partial charge in [-0.15, -0.1) is 10.2 Å². The summed E-state index contributed by atoms with van der Waals surface area (Å²) in [4.78, 5) is 12.2. The van der Waals surface area contributed by atoms with Crippen molar-refractivity contribution >= 4 is 32.2 Å². The molecule has 24 heavy (non-hydrogen) atoms. The van der Waals surface area contributed by atoms with Crippen molar-refractivity contribution in [2.75, 3.05) is 11.1 Å². The third-order valence-corrected chi connectivity index (χ3v) is 6.07. The molecule has 0 unspecified atom stereocenters. The van der Waals surface area contributed by atoms with Crippen LogP contribution in [0.4, 0.5) is 9.52 Å². The first-order chi connectivity index (χ1) is 11.4.